The van der Waals surface area contributed by atoms with Gasteiger partial charge in [0.2, 0.25) is 0 Å². The molecule has 2 aromatic rings. The summed E-state index contributed by atoms with van der Waals surface area (Å²) in [6, 6.07) is 1.92. The van der Waals surface area contributed by atoms with E-state index in [0.717, 1.165) is 21.1 Å². The summed E-state index contributed by atoms with van der Waals surface area (Å²) >= 11 is 3.11. The molecule has 20 heavy (non-hydrogen) atoms. The number of thiophene rings is 1. The smallest absolute Gasteiger partial charge is 0.264 e. The maximum atomic E-state index is 12.7. The molecule has 1 amide bonds. The molecule has 1 fully saturated rings. The first-order chi connectivity index (χ1) is 9.66. The van der Waals surface area contributed by atoms with Crippen LogP contribution >= 0.6 is 22.7 Å². The Morgan fingerprint density at radius 1 is 1.45 bits per heavy atom. The number of rotatable bonds is 2. The van der Waals surface area contributed by atoms with Crippen LogP contribution in [0.4, 0.5) is 0 Å². The van der Waals surface area contributed by atoms with Crippen molar-refractivity contribution in [2.75, 3.05) is 19.8 Å². The van der Waals surface area contributed by atoms with Crippen molar-refractivity contribution in [2.45, 2.75) is 19.9 Å². The third kappa shape index (κ3) is 2.51. The normalized spacial score (nSPS) is 19.3. The van der Waals surface area contributed by atoms with Gasteiger partial charge >= 0.3 is 0 Å². The van der Waals surface area contributed by atoms with Crippen LogP contribution in [0, 0.1) is 13.8 Å². The van der Waals surface area contributed by atoms with Crippen LogP contribution in [0.5, 0.6) is 0 Å². The molecule has 1 saturated heterocycles. The summed E-state index contributed by atoms with van der Waals surface area (Å²) in [6.45, 7) is 5.70. The van der Waals surface area contributed by atoms with Gasteiger partial charge in [0.05, 0.1) is 34.8 Å². The van der Waals surface area contributed by atoms with Gasteiger partial charge in [-0.2, -0.15) is 0 Å². The number of nitrogens with zero attached hydrogens (tertiary/aromatic N) is 2. The SMILES string of the molecule is Cc1nc([C@@H]2COCCN2C(=O)c2sccc2C)cs1. The highest BCUT2D eigenvalue weighted by Gasteiger charge is 2.31. The fraction of sp³-hybridized carbons (Fsp3) is 0.429. The molecule has 1 aliphatic rings. The Bertz CT molecular complexity index is 620. The van der Waals surface area contributed by atoms with Crippen LogP contribution in [-0.2, 0) is 4.74 Å². The number of thiazole rings is 1. The Hall–Kier alpha value is -1.24. The van der Waals surface area contributed by atoms with Crippen LogP contribution in [0.25, 0.3) is 0 Å². The molecule has 1 atom stereocenters. The second-order valence-electron chi connectivity index (χ2n) is 4.81. The van der Waals surface area contributed by atoms with E-state index in [1.165, 1.54) is 11.3 Å². The maximum absolute atomic E-state index is 12.7. The summed E-state index contributed by atoms with van der Waals surface area (Å²) < 4.78 is 5.55. The van der Waals surface area contributed by atoms with E-state index in [9.17, 15) is 4.79 Å². The average Bonchev–Trinajstić information content (AvgIpc) is 3.07. The number of aryl methyl sites for hydroxylation is 2. The van der Waals surface area contributed by atoms with Crippen molar-refractivity contribution in [3.05, 3.63) is 38.0 Å². The monoisotopic (exact) mass is 308 g/mol. The molecule has 0 saturated carbocycles. The van der Waals surface area contributed by atoms with Crippen LogP contribution in [0.2, 0.25) is 0 Å². The van der Waals surface area contributed by atoms with Gasteiger partial charge in [-0.15, -0.1) is 22.7 Å². The van der Waals surface area contributed by atoms with E-state index in [-0.39, 0.29) is 11.9 Å². The van der Waals surface area contributed by atoms with Crippen molar-refractivity contribution >= 4 is 28.6 Å². The lowest BCUT2D eigenvalue weighted by Crippen LogP contribution is -2.43. The first-order valence-corrected chi connectivity index (χ1v) is 8.27. The second kappa shape index (κ2) is 5.63. The first kappa shape index (κ1) is 13.7. The fourth-order valence-electron chi connectivity index (χ4n) is 2.35. The van der Waals surface area contributed by atoms with Gasteiger partial charge in [-0.05, 0) is 30.9 Å². The number of morpholine rings is 1. The van der Waals surface area contributed by atoms with Crippen molar-refractivity contribution in [1.29, 1.82) is 0 Å². The van der Waals surface area contributed by atoms with Gasteiger partial charge in [0.15, 0.2) is 0 Å². The van der Waals surface area contributed by atoms with Crippen molar-refractivity contribution in [3.63, 3.8) is 0 Å². The Labute approximate surface area is 126 Å². The number of hydrogen-bond donors (Lipinski definition) is 0. The molecule has 0 radical (unpaired) electrons. The summed E-state index contributed by atoms with van der Waals surface area (Å²) in [5.74, 6) is 0.0939. The number of amides is 1. The van der Waals surface area contributed by atoms with Gasteiger partial charge in [0, 0.05) is 11.9 Å². The number of ether oxygens (including phenoxy) is 1. The standard InChI is InChI=1S/C14H16N2O2S2/c1-9-3-6-19-13(9)14(17)16-4-5-18-7-12(16)11-8-20-10(2)15-11/h3,6,8,12H,4-5,7H2,1-2H3/t12-/m0/s1. The topological polar surface area (TPSA) is 42.4 Å². The van der Waals surface area contributed by atoms with E-state index in [2.05, 4.69) is 4.98 Å². The van der Waals surface area contributed by atoms with E-state index >= 15 is 0 Å². The minimum Gasteiger partial charge on any atom is -0.377 e. The lowest BCUT2D eigenvalue weighted by molar-refractivity contribution is -0.00353. The summed E-state index contributed by atoms with van der Waals surface area (Å²) in [5, 5.41) is 5.01. The molecule has 0 N–H and O–H groups in total. The quantitative estimate of drug-likeness (QED) is 0.856. The zero-order valence-corrected chi connectivity index (χ0v) is 13.1. The second-order valence-corrected chi connectivity index (χ2v) is 6.79. The molecule has 1 aliphatic heterocycles. The van der Waals surface area contributed by atoms with Crippen LogP contribution in [0.1, 0.15) is 32.0 Å². The average molecular weight is 308 g/mol. The third-order valence-electron chi connectivity index (χ3n) is 3.42. The molecule has 0 unspecified atom stereocenters. The van der Waals surface area contributed by atoms with Crippen molar-refractivity contribution in [3.8, 4) is 0 Å². The van der Waals surface area contributed by atoms with E-state index in [1.807, 2.05) is 35.6 Å². The largest absolute Gasteiger partial charge is 0.377 e. The zero-order chi connectivity index (χ0) is 14.1. The number of hydrogen-bond acceptors (Lipinski definition) is 5. The Morgan fingerprint density at radius 2 is 2.30 bits per heavy atom. The van der Waals surface area contributed by atoms with Crippen molar-refractivity contribution in [2.24, 2.45) is 0 Å². The van der Waals surface area contributed by atoms with Crippen LogP contribution in [0.3, 0.4) is 0 Å². The van der Waals surface area contributed by atoms with Crippen molar-refractivity contribution < 1.29 is 9.53 Å². The fourth-order valence-corrected chi connectivity index (χ4v) is 3.89. The summed E-state index contributed by atoms with van der Waals surface area (Å²) in [5.41, 5.74) is 1.98. The molecule has 3 rings (SSSR count). The highest BCUT2D eigenvalue weighted by atomic mass is 32.1. The molecule has 106 valence electrons. The van der Waals surface area contributed by atoms with Gasteiger partial charge in [0.1, 0.15) is 0 Å². The minimum atomic E-state index is -0.0669. The first-order valence-electron chi connectivity index (χ1n) is 6.51. The molecular weight excluding hydrogens is 292 g/mol. The van der Waals surface area contributed by atoms with Gasteiger partial charge in [-0.3, -0.25) is 4.79 Å². The van der Waals surface area contributed by atoms with Crippen LogP contribution in [-0.4, -0.2) is 35.5 Å². The predicted molar refractivity (Wildman–Crippen MR) is 80.5 cm³/mol. The lowest BCUT2D eigenvalue weighted by Gasteiger charge is -2.34. The van der Waals surface area contributed by atoms with E-state index in [0.29, 0.717) is 19.8 Å². The Kier molecular flexibility index (Phi) is 3.87. The number of carbonyl (C=O) groups is 1. The van der Waals surface area contributed by atoms with Crippen molar-refractivity contribution in [1.82, 2.24) is 9.88 Å². The van der Waals surface area contributed by atoms with Gasteiger partial charge < -0.3 is 9.64 Å². The Balaban J connectivity index is 1.89. The highest BCUT2D eigenvalue weighted by Crippen LogP contribution is 2.29. The lowest BCUT2D eigenvalue weighted by atomic mass is 10.1. The maximum Gasteiger partial charge on any atom is 0.264 e. The molecule has 2 aromatic heterocycles. The zero-order valence-electron chi connectivity index (χ0n) is 11.5. The molecule has 0 spiro atoms. The van der Waals surface area contributed by atoms with Crippen LogP contribution in [0.15, 0.2) is 16.8 Å². The van der Waals surface area contributed by atoms with E-state index in [1.54, 1.807) is 11.3 Å². The van der Waals surface area contributed by atoms with Gasteiger partial charge in [0.25, 0.3) is 5.91 Å². The summed E-state index contributed by atoms with van der Waals surface area (Å²) in [6.07, 6.45) is 0. The molecule has 3 heterocycles. The molecule has 4 nitrogen and oxygen atoms in total. The van der Waals surface area contributed by atoms with E-state index in [4.69, 9.17) is 4.74 Å². The van der Waals surface area contributed by atoms with Gasteiger partial charge in [-0.25, -0.2) is 4.98 Å². The third-order valence-corrected chi connectivity index (χ3v) is 5.22. The van der Waals surface area contributed by atoms with Gasteiger partial charge in [-0.1, -0.05) is 0 Å². The number of aromatic nitrogens is 1. The molecule has 0 aliphatic carbocycles. The van der Waals surface area contributed by atoms with E-state index < -0.39 is 0 Å². The molecule has 0 bridgehead atoms. The minimum absolute atomic E-state index is 0.0669. The van der Waals surface area contributed by atoms with Crippen LogP contribution < -0.4 is 0 Å². The molecular formula is C14H16N2O2S2. The molecule has 0 aromatic carbocycles. The Morgan fingerprint density at radius 3 is 2.95 bits per heavy atom. The summed E-state index contributed by atoms with van der Waals surface area (Å²) in [7, 11) is 0. The molecule has 6 heteroatoms. The highest BCUT2D eigenvalue weighted by molar-refractivity contribution is 7.12. The number of carbonyl (C=O) groups excluding carboxylic acids is 1. The predicted octanol–water partition coefficient (Wildman–Crippen LogP) is 3.04. The summed E-state index contributed by atoms with van der Waals surface area (Å²) in [4.78, 5) is 20.0.